The topological polar surface area (TPSA) is 99.4 Å². The summed E-state index contributed by atoms with van der Waals surface area (Å²) in [6.45, 7) is 1.36. The molecule has 6 nitrogen and oxygen atoms in total. The Morgan fingerprint density at radius 1 is 1.27 bits per heavy atom. The molecular weight excluding hydrogens is 356 g/mol. The molecule has 7 heteroatoms. The maximum absolute atomic E-state index is 12.3. The molecule has 0 aromatic heterocycles. The molecule has 2 aromatic carbocycles. The van der Waals surface area contributed by atoms with E-state index in [1.54, 1.807) is 49.4 Å². The van der Waals surface area contributed by atoms with Gasteiger partial charge in [-0.25, -0.2) is 4.79 Å². The highest BCUT2D eigenvalue weighted by Gasteiger charge is 2.11. The lowest BCUT2D eigenvalue weighted by Gasteiger charge is -2.08. The van der Waals surface area contributed by atoms with Crippen LogP contribution in [0.5, 0.6) is 5.75 Å². The Balaban J connectivity index is 2.12. The predicted molar refractivity (Wildman–Crippen MR) is 98.0 cm³/mol. The number of benzene rings is 2. The average molecular weight is 371 g/mol. The molecule has 1 amide bonds. The fraction of sp³-hybridized carbons (Fsp3) is 0.105. The Morgan fingerprint density at radius 3 is 2.54 bits per heavy atom. The Kier molecular flexibility index (Phi) is 6.36. The highest BCUT2D eigenvalue weighted by Crippen LogP contribution is 2.21. The Bertz CT molecular complexity index is 899. The second-order valence-electron chi connectivity index (χ2n) is 5.33. The van der Waals surface area contributed by atoms with Crippen LogP contribution in [0.4, 0.5) is 5.69 Å². The molecule has 26 heavy (non-hydrogen) atoms. The van der Waals surface area contributed by atoms with Crippen LogP contribution in [0, 0.1) is 18.3 Å². The van der Waals surface area contributed by atoms with Gasteiger partial charge in [0.2, 0.25) is 0 Å². The molecule has 0 saturated heterocycles. The summed E-state index contributed by atoms with van der Waals surface area (Å²) in [6.07, 6.45) is 1.43. The molecule has 2 aromatic rings. The van der Waals surface area contributed by atoms with Crippen molar-refractivity contribution in [2.24, 2.45) is 0 Å². The molecule has 132 valence electrons. The summed E-state index contributed by atoms with van der Waals surface area (Å²) in [6, 6.07) is 13.3. The number of carbonyl (C=O) groups is 2. The first-order valence-corrected chi connectivity index (χ1v) is 7.91. The molecule has 0 spiro atoms. The molecule has 0 aliphatic rings. The number of nitrogens with one attached hydrogen (secondary N) is 1. The third-order valence-electron chi connectivity index (χ3n) is 3.36. The predicted octanol–water partition coefficient (Wildman–Crippen LogP) is 3.66. The summed E-state index contributed by atoms with van der Waals surface area (Å²) in [4.78, 5) is 22.8. The van der Waals surface area contributed by atoms with Gasteiger partial charge in [0.25, 0.3) is 5.91 Å². The minimum atomic E-state index is -1.07. The van der Waals surface area contributed by atoms with Gasteiger partial charge >= 0.3 is 5.97 Å². The summed E-state index contributed by atoms with van der Waals surface area (Å²) in [7, 11) is 0. The molecular formula is C19H15ClN2O4. The number of amides is 1. The SMILES string of the molecule is Cc1cc(Cl)ccc1NC(=O)/C(C#N)=C/c1ccc(OCC(=O)O)cc1. The minimum Gasteiger partial charge on any atom is -0.482 e. The fourth-order valence-corrected chi connectivity index (χ4v) is 2.30. The summed E-state index contributed by atoms with van der Waals surface area (Å²) in [5.41, 5.74) is 1.88. The number of aryl methyl sites for hydroxylation is 1. The number of anilines is 1. The van der Waals surface area contributed by atoms with Crippen LogP contribution in [-0.4, -0.2) is 23.6 Å². The molecule has 0 aliphatic heterocycles. The average Bonchev–Trinajstić information content (AvgIpc) is 2.61. The number of halogens is 1. The van der Waals surface area contributed by atoms with Gasteiger partial charge in [0.05, 0.1) is 0 Å². The second kappa shape index (κ2) is 8.70. The first kappa shape index (κ1) is 19.0. The van der Waals surface area contributed by atoms with E-state index < -0.39 is 18.5 Å². The number of nitriles is 1. The van der Waals surface area contributed by atoms with E-state index in [4.69, 9.17) is 21.4 Å². The number of carboxylic acids is 1. The number of carboxylic acid groups (broad SMARTS) is 1. The molecule has 0 radical (unpaired) electrons. The van der Waals surface area contributed by atoms with Crippen LogP contribution in [0.25, 0.3) is 6.08 Å². The number of hydrogen-bond acceptors (Lipinski definition) is 4. The molecule has 0 atom stereocenters. The zero-order valence-corrected chi connectivity index (χ0v) is 14.6. The summed E-state index contributed by atoms with van der Waals surface area (Å²) < 4.78 is 5.03. The van der Waals surface area contributed by atoms with Crippen LogP contribution in [0.15, 0.2) is 48.0 Å². The van der Waals surface area contributed by atoms with Crippen molar-refractivity contribution < 1.29 is 19.4 Å². The van der Waals surface area contributed by atoms with Gasteiger partial charge in [-0.15, -0.1) is 0 Å². The summed E-state index contributed by atoms with van der Waals surface area (Å²) in [5, 5.41) is 21.1. The van der Waals surface area contributed by atoms with Crippen LogP contribution < -0.4 is 10.1 Å². The standard InChI is InChI=1S/C19H15ClN2O4/c1-12-8-15(20)4-7-17(12)22-19(25)14(10-21)9-13-2-5-16(6-3-13)26-11-18(23)24/h2-9H,11H2,1H3,(H,22,25)(H,23,24)/b14-9+. The van der Waals surface area contributed by atoms with Crippen molar-refractivity contribution in [3.63, 3.8) is 0 Å². The maximum Gasteiger partial charge on any atom is 0.341 e. The van der Waals surface area contributed by atoms with Gasteiger partial charge < -0.3 is 15.2 Å². The zero-order valence-electron chi connectivity index (χ0n) is 13.8. The number of ether oxygens (including phenoxy) is 1. The largest absolute Gasteiger partial charge is 0.482 e. The third-order valence-corrected chi connectivity index (χ3v) is 3.59. The third kappa shape index (κ3) is 5.36. The highest BCUT2D eigenvalue weighted by molar-refractivity contribution is 6.30. The van der Waals surface area contributed by atoms with Crippen LogP contribution >= 0.6 is 11.6 Å². The lowest BCUT2D eigenvalue weighted by Crippen LogP contribution is -2.14. The van der Waals surface area contributed by atoms with Crippen molar-refractivity contribution in [2.75, 3.05) is 11.9 Å². The van der Waals surface area contributed by atoms with Crippen molar-refractivity contribution in [1.82, 2.24) is 0 Å². The van der Waals surface area contributed by atoms with E-state index in [0.29, 0.717) is 22.0 Å². The van der Waals surface area contributed by atoms with Crippen LogP contribution in [0.1, 0.15) is 11.1 Å². The van der Waals surface area contributed by atoms with E-state index in [1.807, 2.05) is 6.07 Å². The van der Waals surface area contributed by atoms with Gasteiger partial charge in [-0.3, -0.25) is 4.79 Å². The van der Waals surface area contributed by atoms with Gasteiger partial charge in [0, 0.05) is 10.7 Å². The molecule has 0 saturated carbocycles. The normalized spacial score (nSPS) is 10.7. The Labute approximate surface area is 155 Å². The Hall–Kier alpha value is -3.30. The van der Waals surface area contributed by atoms with Gasteiger partial charge in [-0.05, 0) is 54.5 Å². The van der Waals surface area contributed by atoms with Crippen molar-refractivity contribution in [3.05, 3.63) is 64.2 Å². The van der Waals surface area contributed by atoms with Crippen molar-refractivity contribution in [2.45, 2.75) is 6.92 Å². The van der Waals surface area contributed by atoms with E-state index in [1.165, 1.54) is 6.08 Å². The molecule has 0 fully saturated rings. The molecule has 2 N–H and O–H groups in total. The molecule has 0 bridgehead atoms. The number of rotatable bonds is 6. The zero-order chi connectivity index (χ0) is 19.1. The van der Waals surface area contributed by atoms with E-state index in [-0.39, 0.29) is 5.57 Å². The lowest BCUT2D eigenvalue weighted by molar-refractivity contribution is -0.139. The summed E-state index contributed by atoms with van der Waals surface area (Å²) >= 11 is 5.88. The quantitative estimate of drug-likeness (QED) is 0.597. The number of hydrogen-bond donors (Lipinski definition) is 2. The van der Waals surface area contributed by atoms with E-state index in [9.17, 15) is 14.9 Å². The highest BCUT2D eigenvalue weighted by atomic mass is 35.5. The lowest BCUT2D eigenvalue weighted by atomic mass is 10.1. The summed E-state index contributed by atoms with van der Waals surface area (Å²) in [5.74, 6) is -1.23. The first-order chi connectivity index (χ1) is 12.4. The maximum atomic E-state index is 12.3. The van der Waals surface area contributed by atoms with Gasteiger partial charge in [0.15, 0.2) is 6.61 Å². The number of aliphatic carboxylic acids is 1. The van der Waals surface area contributed by atoms with E-state index in [2.05, 4.69) is 5.32 Å². The smallest absolute Gasteiger partial charge is 0.341 e. The Morgan fingerprint density at radius 2 is 1.96 bits per heavy atom. The minimum absolute atomic E-state index is 0.0708. The number of nitrogens with zero attached hydrogens (tertiary/aromatic N) is 1. The van der Waals surface area contributed by atoms with Crippen molar-refractivity contribution >= 4 is 35.2 Å². The van der Waals surface area contributed by atoms with Gasteiger partial charge in [-0.2, -0.15) is 5.26 Å². The van der Waals surface area contributed by atoms with Crippen LogP contribution in [0.2, 0.25) is 5.02 Å². The molecule has 0 unspecified atom stereocenters. The van der Waals surface area contributed by atoms with Crippen molar-refractivity contribution in [1.29, 1.82) is 5.26 Å². The van der Waals surface area contributed by atoms with Crippen LogP contribution in [-0.2, 0) is 9.59 Å². The van der Waals surface area contributed by atoms with Gasteiger partial charge in [0.1, 0.15) is 17.4 Å². The first-order valence-electron chi connectivity index (χ1n) is 7.53. The monoisotopic (exact) mass is 370 g/mol. The van der Waals surface area contributed by atoms with Gasteiger partial charge in [-0.1, -0.05) is 23.7 Å². The molecule has 0 aliphatic carbocycles. The molecule has 0 heterocycles. The van der Waals surface area contributed by atoms with Crippen molar-refractivity contribution in [3.8, 4) is 11.8 Å². The van der Waals surface area contributed by atoms with E-state index in [0.717, 1.165) is 5.56 Å². The fourth-order valence-electron chi connectivity index (χ4n) is 2.08. The molecule has 2 rings (SSSR count). The van der Waals surface area contributed by atoms with Crippen LogP contribution in [0.3, 0.4) is 0 Å². The second-order valence-corrected chi connectivity index (χ2v) is 5.77. The van der Waals surface area contributed by atoms with E-state index >= 15 is 0 Å². The number of carbonyl (C=O) groups excluding carboxylic acids is 1.